The third-order valence-corrected chi connectivity index (χ3v) is 3.57. The van der Waals surface area contributed by atoms with Gasteiger partial charge in [0.05, 0.1) is 6.61 Å². The van der Waals surface area contributed by atoms with Gasteiger partial charge in [0.25, 0.3) is 0 Å². The first-order valence-electron chi connectivity index (χ1n) is 6.25. The van der Waals surface area contributed by atoms with Crippen molar-refractivity contribution in [3.8, 4) is 0 Å². The second kappa shape index (κ2) is 6.38. The molecule has 0 spiro atoms. The van der Waals surface area contributed by atoms with Crippen LogP contribution < -0.4 is 11.1 Å². The molecule has 0 aliphatic rings. The van der Waals surface area contributed by atoms with Gasteiger partial charge in [-0.05, 0) is 18.5 Å². The Morgan fingerprint density at radius 2 is 2.40 bits per heavy atom. The molecule has 20 heavy (non-hydrogen) atoms. The smallest absolute Gasteiger partial charge is 0.344 e. The summed E-state index contributed by atoms with van der Waals surface area (Å²) in [5.41, 5.74) is 6.02. The fourth-order valence-corrected chi connectivity index (χ4v) is 2.48. The number of anilines is 2. The number of ether oxygens (including phenoxy) is 1. The largest absolute Gasteiger partial charge is 0.462 e. The fraction of sp³-hybridized carbons (Fsp3) is 0.417. The number of hydrogen-bond donors (Lipinski definition) is 2. The van der Waals surface area contributed by atoms with Crippen molar-refractivity contribution in [2.45, 2.75) is 13.3 Å². The van der Waals surface area contributed by atoms with Crippen molar-refractivity contribution in [1.82, 2.24) is 13.9 Å². The highest BCUT2D eigenvalue weighted by atomic mass is 32.1. The summed E-state index contributed by atoms with van der Waals surface area (Å²) >= 11 is 1.16. The molecule has 0 saturated carbocycles. The molecule has 0 radical (unpaired) electrons. The molecule has 0 atom stereocenters. The van der Waals surface area contributed by atoms with E-state index < -0.39 is 5.97 Å². The first-order chi connectivity index (χ1) is 9.63. The third kappa shape index (κ3) is 3.08. The number of hydrogen-bond acceptors (Lipinski definition) is 7. The summed E-state index contributed by atoms with van der Waals surface area (Å²) in [5.74, 6) is 0.721. The van der Waals surface area contributed by atoms with Crippen LogP contribution in [0.25, 0.3) is 0 Å². The van der Waals surface area contributed by atoms with Crippen molar-refractivity contribution >= 4 is 28.3 Å². The lowest BCUT2D eigenvalue weighted by molar-refractivity contribution is 0.0529. The van der Waals surface area contributed by atoms with Crippen LogP contribution in [0.5, 0.6) is 0 Å². The first-order valence-corrected chi connectivity index (χ1v) is 7.03. The van der Waals surface area contributed by atoms with Crippen LogP contribution in [0.4, 0.5) is 10.8 Å². The van der Waals surface area contributed by atoms with Crippen molar-refractivity contribution < 1.29 is 9.53 Å². The van der Waals surface area contributed by atoms with Gasteiger partial charge in [0.1, 0.15) is 16.4 Å². The molecular weight excluding hydrogens is 278 g/mol. The number of aryl methyl sites for hydroxylation is 1. The van der Waals surface area contributed by atoms with E-state index in [0.29, 0.717) is 23.7 Å². The zero-order chi connectivity index (χ0) is 14.5. The van der Waals surface area contributed by atoms with Gasteiger partial charge in [-0.3, -0.25) is 0 Å². The molecule has 3 N–H and O–H groups in total. The summed E-state index contributed by atoms with van der Waals surface area (Å²) in [6.45, 7) is 2.70. The van der Waals surface area contributed by atoms with Crippen molar-refractivity contribution in [1.29, 1.82) is 0 Å². The van der Waals surface area contributed by atoms with Crippen molar-refractivity contribution in [3.05, 3.63) is 23.8 Å². The first kappa shape index (κ1) is 14.3. The van der Waals surface area contributed by atoms with Gasteiger partial charge in [0, 0.05) is 32.4 Å². The minimum absolute atomic E-state index is 0.202. The van der Waals surface area contributed by atoms with Gasteiger partial charge in [-0.15, -0.1) is 0 Å². The molecule has 2 aromatic rings. The summed E-state index contributed by atoms with van der Waals surface area (Å²) in [4.78, 5) is 16.0. The highest BCUT2D eigenvalue weighted by molar-refractivity contribution is 7.11. The van der Waals surface area contributed by atoms with E-state index in [2.05, 4.69) is 14.7 Å². The molecule has 7 nitrogen and oxygen atoms in total. The van der Waals surface area contributed by atoms with Crippen LogP contribution in [0.3, 0.4) is 0 Å². The van der Waals surface area contributed by atoms with Crippen LogP contribution in [0.15, 0.2) is 12.4 Å². The Kier molecular flexibility index (Phi) is 4.57. The maximum Gasteiger partial charge on any atom is 0.344 e. The SMILES string of the molecule is CCOC(=O)c1c(N)nsc1NCCc1nccn1C. The summed E-state index contributed by atoms with van der Waals surface area (Å²) in [6.07, 6.45) is 4.39. The predicted octanol–water partition coefficient (Wildman–Crippen LogP) is 1.29. The molecule has 0 aliphatic heterocycles. The zero-order valence-electron chi connectivity index (χ0n) is 11.4. The van der Waals surface area contributed by atoms with Crippen LogP contribution in [0.2, 0.25) is 0 Å². The molecule has 0 unspecified atom stereocenters. The number of nitrogens with one attached hydrogen (secondary N) is 1. The van der Waals surface area contributed by atoms with Crippen LogP contribution >= 0.6 is 11.5 Å². The number of aromatic nitrogens is 3. The highest BCUT2D eigenvalue weighted by Crippen LogP contribution is 2.27. The molecule has 0 aliphatic carbocycles. The van der Waals surface area contributed by atoms with Crippen molar-refractivity contribution in [2.75, 3.05) is 24.2 Å². The summed E-state index contributed by atoms with van der Waals surface area (Å²) in [5, 5.41) is 3.80. The van der Waals surface area contributed by atoms with E-state index in [4.69, 9.17) is 10.5 Å². The molecule has 2 heterocycles. The van der Waals surface area contributed by atoms with E-state index in [-0.39, 0.29) is 5.82 Å². The van der Waals surface area contributed by atoms with E-state index in [1.54, 1.807) is 13.1 Å². The summed E-state index contributed by atoms with van der Waals surface area (Å²) in [7, 11) is 1.94. The van der Waals surface area contributed by atoms with Crippen molar-refractivity contribution in [2.24, 2.45) is 7.05 Å². The van der Waals surface area contributed by atoms with E-state index in [0.717, 1.165) is 23.8 Å². The van der Waals surface area contributed by atoms with E-state index in [1.807, 2.05) is 17.8 Å². The van der Waals surface area contributed by atoms with Gasteiger partial charge >= 0.3 is 5.97 Å². The van der Waals surface area contributed by atoms with Gasteiger partial charge in [0.2, 0.25) is 0 Å². The summed E-state index contributed by atoms with van der Waals surface area (Å²) < 4.78 is 10.9. The Hall–Kier alpha value is -2.09. The standard InChI is InChI=1S/C12H17N5O2S/c1-3-19-12(18)9-10(13)16-20-11(9)15-5-4-8-14-6-7-17(8)2/h6-7,15H,3-5H2,1-2H3,(H2,13,16). The average Bonchev–Trinajstić information content (AvgIpc) is 2.97. The van der Waals surface area contributed by atoms with Gasteiger partial charge in [-0.2, -0.15) is 4.37 Å². The number of imidazole rings is 1. The molecular formula is C12H17N5O2S. The van der Waals surface area contributed by atoms with Gasteiger partial charge in [-0.25, -0.2) is 9.78 Å². The Balaban J connectivity index is 1.99. The van der Waals surface area contributed by atoms with E-state index in [1.165, 1.54) is 0 Å². The van der Waals surface area contributed by atoms with Crippen molar-refractivity contribution in [3.63, 3.8) is 0 Å². The number of rotatable bonds is 6. The number of carbonyl (C=O) groups excluding carboxylic acids is 1. The lowest BCUT2D eigenvalue weighted by Gasteiger charge is -2.06. The second-order valence-electron chi connectivity index (χ2n) is 4.12. The normalized spacial score (nSPS) is 10.5. The van der Waals surface area contributed by atoms with E-state index >= 15 is 0 Å². The number of nitrogens with two attached hydrogens (primary N) is 1. The predicted molar refractivity (Wildman–Crippen MR) is 77.9 cm³/mol. The highest BCUT2D eigenvalue weighted by Gasteiger charge is 2.20. The van der Waals surface area contributed by atoms with Crippen LogP contribution in [-0.4, -0.2) is 33.0 Å². The molecule has 2 aromatic heterocycles. The molecule has 0 fully saturated rings. The lowest BCUT2D eigenvalue weighted by atomic mass is 10.3. The molecule has 0 aromatic carbocycles. The monoisotopic (exact) mass is 295 g/mol. The van der Waals surface area contributed by atoms with Gasteiger partial charge < -0.3 is 20.4 Å². The van der Waals surface area contributed by atoms with Gasteiger partial charge in [-0.1, -0.05) is 0 Å². The Morgan fingerprint density at radius 3 is 3.05 bits per heavy atom. The minimum Gasteiger partial charge on any atom is -0.462 e. The number of nitrogens with zero attached hydrogens (tertiary/aromatic N) is 3. The zero-order valence-corrected chi connectivity index (χ0v) is 12.2. The molecule has 108 valence electrons. The Labute approximate surface area is 120 Å². The Bertz CT molecular complexity index is 592. The number of esters is 1. The van der Waals surface area contributed by atoms with Crippen LogP contribution in [0, 0.1) is 0 Å². The molecule has 0 bridgehead atoms. The minimum atomic E-state index is -0.446. The lowest BCUT2D eigenvalue weighted by Crippen LogP contribution is -2.12. The van der Waals surface area contributed by atoms with E-state index in [9.17, 15) is 4.79 Å². The van der Waals surface area contributed by atoms with Gasteiger partial charge in [0.15, 0.2) is 5.82 Å². The topological polar surface area (TPSA) is 95.1 Å². The fourth-order valence-electron chi connectivity index (χ4n) is 1.75. The maximum absolute atomic E-state index is 11.8. The van der Waals surface area contributed by atoms with Crippen LogP contribution in [-0.2, 0) is 18.2 Å². The summed E-state index contributed by atoms with van der Waals surface area (Å²) in [6, 6.07) is 0. The molecule has 0 saturated heterocycles. The quantitative estimate of drug-likeness (QED) is 0.780. The maximum atomic E-state index is 11.8. The average molecular weight is 295 g/mol. The van der Waals surface area contributed by atoms with Crippen LogP contribution in [0.1, 0.15) is 23.1 Å². The molecule has 0 amide bonds. The third-order valence-electron chi connectivity index (χ3n) is 2.75. The number of nitrogen functional groups attached to an aromatic ring is 1. The number of carbonyl (C=O) groups is 1. The molecule has 2 rings (SSSR count). The second-order valence-corrected chi connectivity index (χ2v) is 4.90. The Morgan fingerprint density at radius 1 is 1.60 bits per heavy atom. The molecule has 8 heteroatoms.